The Labute approximate surface area is 115 Å². The fraction of sp³-hybridized carbons (Fsp3) is 0.857. The van der Waals surface area contributed by atoms with Crippen LogP contribution in [0.25, 0.3) is 0 Å². The van der Waals surface area contributed by atoms with Crippen LogP contribution in [0.15, 0.2) is 0 Å². The van der Waals surface area contributed by atoms with Crippen molar-refractivity contribution >= 4 is 12.0 Å². The Morgan fingerprint density at radius 2 is 1.95 bits per heavy atom. The van der Waals surface area contributed by atoms with E-state index in [9.17, 15) is 9.59 Å². The first-order valence-electron chi connectivity index (χ1n) is 7.23. The number of carboxylic acids is 1. The number of amides is 2. The third kappa shape index (κ3) is 5.49. The van der Waals surface area contributed by atoms with Gasteiger partial charge in [-0.05, 0) is 25.2 Å². The molecule has 19 heavy (non-hydrogen) atoms. The third-order valence-corrected chi connectivity index (χ3v) is 3.17. The molecule has 1 fully saturated rings. The Kier molecular flexibility index (Phi) is 6.12. The summed E-state index contributed by atoms with van der Waals surface area (Å²) < 4.78 is 0. The summed E-state index contributed by atoms with van der Waals surface area (Å²) in [5.41, 5.74) is 0. The maximum atomic E-state index is 12.5. The van der Waals surface area contributed by atoms with Crippen molar-refractivity contribution in [1.29, 1.82) is 0 Å². The van der Waals surface area contributed by atoms with Gasteiger partial charge in [0.2, 0.25) is 0 Å². The van der Waals surface area contributed by atoms with E-state index in [1.807, 2.05) is 18.7 Å². The fourth-order valence-corrected chi connectivity index (χ4v) is 2.15. The molecular formula is C14H26N2O3. The first-order valence-corrected chi connectivity index (χ1v) is 7.23. The van der Waals surface area contributed by atoms with Crippen molar-refractivity contribution < 1.29 is 14.7 Å². The highest BCUT2D eigenvalue weighted by atomic mass is 16.4. The molecule has 1 saturated carbocycles. The van der Waals surface area contributed by atoms with Gasteiger partial charge in [0.15, 0.2) is 0 Å². The van der Waals surface area contributed by atoms with Crippen LogP contribution in [0.4, 0.5) is 4.79 Å². The molecule has 2 amide bonds. The molecule has 5 nitrogen and oxygen atoms in total. The minimum Gasteiger partial charge on any atom is -0.480 e. The Morgan fingerprint density at radius 3 is 2.37 bits per heavy atom. The van der Waals surface area contributed by atoms with Crippen LogP contribution in [-0.2, 0) is 4.79 Å². The van der Waals surface area contributed by atoms with E-state index in [4.69, 9.17) is 5.11 Å². The predicted octanol–water partition coefficient (Wildman–Crippen LogP) is 2.41. The quantitative estimate of drug-likeness (QED) is 0.736. The summed E-state index contributed by atoms with van der Waals surface area (Å²) in [4.78, 5) is 26.7. The standard InChI is InChI=1S/C14H26N2O3/c1-4-5-8-16(12-6-7-12)14(19)15(9-11(2)3)10-13(17)18/h11-12H,4-10H2,1-3H3,(H,17,18). The normalized spacial score (nSPS) is 14.5. The number of aliphatic carboxylic acids is 1. The highest BCUT2D eigenvalue weighted by Crippen LogP contribution is 2.28. The smallest absolute Gasteiger partial charge is 0.323 e. The molecule has 0 bridgehead atoms. The van der Waals surface area contributed by atoms with E-state index in [0.717, 1.165) is 32.2 Å². The summed E-state index contributed by atoms with van der Waals surface area (Å²) in [5.74, 6) is -0.671. The molecule has 1 N–H and O–H groups in total. The van der Waals surface area contributed by atoms with E-state index >= 15 is 0 Å². The zero-order valence-electron chi connectivity index (χ0n) is 12.3. The summed E-state index contributed by atoms with van der Waals surface area (Å²) in [6, 6.07) is 0.231. The second-order valence-corrected chi connectivity index (χ2v) is 5.73. The molecule has 0 aromatic heterocycles. The van der Waals surface area contributed by atoms with Gasteiger partial charge in [-0.25, -0.2) is 4.79 Å². The topological polar surface area (TPSA) is 60.9 Å². The number of carboxylic acid groups (broad SMARTS) is 1. The van der Waals surface area contributed by atoms with Gasteiger partial charge < -0.3 is 14.9 Å². The van der Waals surface area contributed by atoms with Gasteiger partial charge in [-0.3, -0.25) is 4.79 Å². The van der Waals surface area contributed by atoms with E-state index in [-0.39, 0.29) is 18.5 Å². The minimum atomic E-state index is -0.944. The summed E-state index contributed by atoms with van der Waals surface area (Å²) in [6.07, 6.45) is 4.13. The van der Waals surface area contributed by atoms with Crippen molar-refractivity contribution in [1.82, 2.24) is 9.80 Å². The molecule has 0 aromatic rings. The minimum absolute atomic E-state index is 0.105. The lowest BCUT2D eigenvalue weighted by atomic mass is 10.2. The number of nitrogens with zero attached hydrogens (tertiary/aromatic N) is 2. The Hall–Kier alpha value is -1.26. The van der Waals surface area contributed by atoms with Crippen LogP contribution < -0.4 is 0 Å². The molecule has 110 valence electrons. The number of hydrogen-bond donors (Lipinski definition) is 1. The molecule has 0 saturated heterocycles. The van der Waals surface area contributed by atoms with E-state index in [1.165, 1.54) is 4.90 Å². The van der Waals surface area contributed by atoms with Gasteiger partial charge in [0.1, 0.15) is 6.54 Å². The highest BCUT2D eigenvalue weighted by molar-refractivity contribution is 5.80. The van der Waals surface area contributed by atoms with Gasteiger partial charge in [0.05, 0.1) is 0 Å². The van der Waals surface area contributed by atoms with Crippen molar-refractivity contribution in [3.63, 3.8) is 0 Å². The molecule has 1 rings (SSSR count). The van der Waals surface area contributed by atoms with Crippen LogP contribution in [0.2, 0.25) is 0 Å². The lowest BCUT2D eigenvalue weighted by Crippen LogP contribution is -2.48. The Bertz CT molecular complexity index is 314. The van der Waals surface area contributed by atoms with Crippen molar-refractivity contribution in [3.05, 3.63) is 0 Å². The molecule has 0 radical (unpaired) electrons. The lowest BCUT2D eigenvalue weighted by molar-refractivity contribution is -0.137. The maximum Gasteiger partial charge on any atom is 0.323 e. The van der Waals surface area contributed by atoms with Crippen molar-refractivity contribution in [2.75, 3.05) is 19.6 Å². The van der Waals surface area contributed by atoms with Crippen LogP contribution in [0.1, 0.15) is 46.5 Å². The fourth-order valence-electron chi connectivity index (χ4n) is 2.15. The molecule has 0 aromatic carbocycles. The number of rotatable bonds is 8. The first-order chi connectivity index (χ1) is 8.95. The van der Waals surface area contributed by atoms with E-state index in [0.29, 0.717) is 12.6 Å². The monoisotopic (exact) mass is 270 g/mol. The SMILES string of the molecule is CCCCN(C(=O)N(CC(=O)O)CC(C)C)C1CC1. The van der Waals surface area contributed by atoms with Gasteiger partial charge in [0.25, 0.3) is 0 Å². The van der Waals surface area contributed by atoms with Crippen LogP contribution >= 0.6 is 0 Å². The molecule has 0 atom stereocenters. The van der Waals surface area contributed by atoms with Gasteiger partial charge in [-0.15, -0.1) is 0 Å². The molecular weight excluding hydrogens is 244 g/mol. The molecule has 0 heterocycles. The predicted molar refractivity (Wildman–Crippen MR) is 74.1 cm³/mol. The van der Waals surface area contributed by atoms with Gasteiger partial charge in [0, 0.05) is 19.1 Å². The van der Waals surface area contributed by atoms with Crippen LogP contribution in [0.3, 0.4) is 0 Å². The average molecular weight is 270 g/mol. The number of carbonyl (C=O) groups excluding carboxylic acids is 1. The van der Waals surface area contributed by atoms with Gasteiger partial charge in [-0.1, -0.05) is 27.2 Å². The van der Waals surface area contributed by atoms with Gasteiger partial charge in [-0.2, -0.15) is 0 Å². The van der Waals surface area contributed by atoms with Crippen molar-refractivity contribution in [2.24, 2.45) is 5.92 Å². The van der Waals surface area contributed by atoms with Crippen LogP contribution in [0.5, 0.6) is 0 Å². The van der Waals surface area contributed by atoms with Gasteiger partial charge >= 0.3 is 12.0 Å². The molecule has 1 aliphatic rings. The number of urea groups is 1. The molecule has 0 unspecified atom stereocenters. The zero-order valence-corrected chi connectivity index (χ0v) is 12.3. The van der Waals surface area contributed by atoms with E-state index < -0.39 is 5.97 Å². The number of unbranched alkanes of at least 4 members (excludes halogenated alkanes) is 1. The maximum absolute atomic E-state index is 12.5. The number of hydrogen-bond acceptors (Lipinski definition) is 2. The molecule has 1 aliphatic carbocycles. The van der Waals surface area contributed by atoms with E-state index in [1.54, 1.807) is 0 Å². The lowest BCUT2D eigenvalue weighted by Gasteiger charge is -2.31. The third-order valence-electron chi connectivity index (χ3n) is 3.17. The summed E-state index contributed by atoms with van der Waals surface area (Å²) in [6.45, 7) is 7.13. The van der Waals surface area contributed by atoms with Crippen LogP contribution in [0, 0.1) is 5.92 Å². The average Bonchev–Trinajstić information content (AvgIpc) is 3.11. The second-order valence-electron chi connectivity index (χ2n) is 5.73. The summed E-state index contributed by atoms with van der Waals surface area (Å²) >= 11 is 0. The molecule has 5 heteroatoms. The van der Waals surface area contributed by atoms with Crippen LogP contribution in [-0.4, -0.2) is 52.6 Å². The molecule has 0 spiro atoms. The van der Waals surface area contributed by atoms with Crippen molar-refractivity contribution in [3.8, 4) is 0 Å². The Balaban J connectivity index is 2.67. The summed E-state index contributed by atoms with van der Waals surface area (Å²) in [5, 5.41) is 8.95. The Morgan fingerprint density at radius 1 is 1.32 bits per heavy atom. The van der Waals surface area contributed by atoms with Crippen molar-refractivity contribution in [2.45, 2.75) is 52.5 Å². The zero-order chi connectivity index (χ0) is 14.4. The summed E-state index contributed by atoms with van der Waals surface area (Å²) in [7, 11) is 0. The number of carbonyl (C=O) groups is 2. The highest BCUT2D eigenvalue weighted by Gasteiger charge is 2.34. The molecule has 0 aliphatic heterocycles. The second kappa shape index (κ2) is 7.36. The first kappa shape index (κ1) is 15.8. The largest absolute Gasteiger partial charge is 0.480 e. The van der Waals surface area contributed by atoms with E-state index in [2.05, 4.69) is 6.92 Å².